The van der Waals surface area contributed by atoms with E-state index in [9.17, 15) is 14.7 Å². The molecular weight excluding hydrogens is 352 g/mol. The standard InChI is InChI=1S/C23H24N2O3/c1-14-11-20(26)22(15(2)24-14)23(28)25-10-9-19(21(27)13-25)18-8-7-16-5-3-4-6-17(16)12-18/h3-8,11-12,19,21,27H,9-10,13H2,1-2H3,(H,24,26)/t19-,21+/m0/s1. The number of hydrogen-bond donors (Lipinski definition) is 2. The number of likely N-dealkylation sites (tertiary alicyclic amines) is 1. The number of amides is 1. The van der Waals surface area contributed by atoms with Crippen LogP contribution in [0.25, 0.3) is 10.8 Å². The predicted molar refractivity (Wildman–Crippen MR) is 110 cm³/mol. The molecule has 0 spiro atoms. The van der Waals surface area contributed by atoms with Crippen LogP contribution in [0, 0.1) is 13.8 Å². The summed E-state index contributed by atoms with van der Waals surface area (Å²) in [6.07, 6.45) is -0.00247. The second-order valence-electron chi connectivity index (χ2n) is 7.64. The summed E-state index contributed by atoms with van der Waals surface area (Å²) in [7, 11) is 0. The first kappa shape index (κ1) is 18.4. The lowest BCUT2D eigenvalue weighted by atomic mass is 9.86. The highest BCUT2D eigenvalue weighted by Gasteiger charge is 2.32. The minimum absolute atomic E-state index is 0.0222. The average Bonchev–Trinajstić information content (AvgIpc) is 2.66. The van der Waals surface area contributed by atoms with Crippen molar-refractivity contribution in [2.75, 3.05) is 13.1 Å². The number of fused-ring (bicyclic) bond motifs is 1. The van der Waals surface area contributed by atoms with Crippen LogP contribution in [0.3, 0.4) is 0 Å². The van der Waals surface area contributed by atoms with Gasteiger partial charge in [-0.05, 0) is 36.6 Å². The fourth-order valence-corrected chi connectivity index (χ4v) is 4.22. The molecule has 2 N–H and O–H groups in total. The summed E-state index contributed by atoms with van der Waals surface area (Å²) in [6, 6.07) is 15.8. The lowest BCUT2D eigenvalue weighted by Gasteiger charge is -2.36. The summed E-state index contributed by atoms with van der Waals surface area (Å²) < 4.78 is 0. The lowest BCUT2D eigenvalue weighted by molar-refractivity contribution is 0.0380. The van der Waals surface area contributed by atoms with E-state index in [1.165, 1.54) is 11.5 Å². The minimum atomic E-state index is -0.663. The fraction of sp³-hybridized carbons (Fsp3) is 0.304. The Hall–Kier alpha value is -2.92. The minimum Gasteiger partial charge on any atom is -0.391 e. The number of nitrogens with one attached hydrogen (secondary N) is 1. The summed E-state index contributed by atoms with van der Waals surface area (Å²) in [5, 5.41) is 13.1. The third kappa shape index (κ3) is 3.34. The van der Waals surface area contributed by atoms with Crippen molar-refractivity contribution in [3.8, 4) is 0 Å². The molecule has 1 amide bonds. The second-order valence-corrected chi connectivity index (χ2v) is 7.64. The Balaban J connectivity index is 1.55. The van der Waals surface area contributed by atoms with Gasteiger partial charge in [-0.1, -0.05) is 42.5 Å². The van der Waals surface area contributed by atoms with Crippen molar-refractivity contribution in [2.24, 2.45) is 0 Å². The Morgan fingerprint density at radius 3 is 2.57 bits per heavy atom. The molecule has 2 aromatic carbocycles. The maximum atomic E-state index is 12.9. The van der Waals surface area contributed by atoms with Crippen molar-refractivity contribution in [3.63, 3.8) is 0 Å². The lowest BCUT2D eigenvalue weighted by Crippen LogP contribution is -2.47. The summed E-state index contributed by atoms with van der Waals surface area (Å²) in [4.78, 5) is 29.9. The van der Waals surface area contributed by atoms with Gasteiger partial charge in [-0.3, -0.25) is 9.59 Å². The molecule has 1 fully saturated rings. The topological polar surface area (TPSA) is 73.4 Å². The predicted octanol–water partition coefficient (Wildman–Crippen LogP) is 3.14. The molecule has 5 nitrogen and oxygen atoms in total. The van der Waals surface area contributed by atoms with E-state index in [2.05, 4.69) is 35.3 Å². The number of rotatable bonds is 2. The summed E-state index contributed by atoms with van der Waals surface area (Å²) >= 11 is 0. The molecule has 0 aliphatic carbocycles. The first-order valence-corrected chi connectivity index (χ1v) is 9.60. The monoisotopic (exact) mass is 376 g/mol. The molecule has 0 unspecified atom stereocenters. The number of benzene rings is 2. The number of carbonyl (C=O) groups is 1. The zero-order valence-electron chi connectivity index (χ0n) is 16.1. The molecule has 144 valence electrons. The molecule has 2 heterocycles. The number of β-amino-alcohol motifs (C(OH)–C–C–N with tert-alkyl or cyclic N) is 1. The number of aliphatic hydroxyl groups excluding tert-OH is 1. The number of piperidine rings is 1. The summed E-state index contributed by atoms with van der Waals surface area (Å²) in [5.41, 5.74) is 2.28. The number of aromatic amines is 1. The van der Waals surface area contributed by atoms with Crippen LogP contribution in [-0.4, -0.2) is 40.1 Å². The molecule has 4 rings (SSSR count). The average molecular weight is 376 g/mol. The second kappa shape index (κ2) is 7.24. The summed E-state index contributed by atoms with van der Waals surface area (Å²) in [6.45, 7) is 4.27. The van der Waals surface area contributed by atoms with Crippen LogP contribution in [-0.2, 0) is 0 Å². The molecule has 0 radical (unpaired) electrons. The van der Waals surface area contributed by atoms with Crippen molar-refractivity contribution in [1.29, 1.82) is 0 Å². The number of aryl methyl sites for hydroxylation is 2. The third-order valence-electron chi connectivity index (χ3n) is 5.64. The highest BCUT2D eigenvalue weighted by molar-refractivity contribution is 5.95. The number of hydrogen-bond acceptors (Lipinski definition) is 3. The van der Waals surface area contributed by atoms with Crippen molar-refractivity contribution in [3.05, 3.63) is 81.3 Å². The highest BCUT2D eigenvalue weighted by Crippen LogP contribution is 2.31. The zero-order chi connectivity index (χ0) is 19.8. The largest absolute Gasteiger partial charge is 0.391 e. The van der Waals surface area contributed by atoms with E-state index in [-0.39, 0.29) is 29.4 Å². The maximum absolute atomic E-state index is 12.9. The van der Waals surface area contributed by atoms with Gasteiger partial charge in [-0.2, -0.15) is 0 Å². The Morgan fingerprint density at radius 1 is 1.11 bits per heavy atom. The smallest absolute Gasteiger partial charge is 0.259 e. The number of pyridine rings is 1. The molecule has 28 heavy (non-hydrogen) atoms. The van der Waals surface area contributed by atoms with Gasteiger partial charge in [-0.15, -0.1) is 0 Å². The van der Waals surface area contributed by atoms with Gasteiger partial charge in [0.2, 0.25) is 0 Å². The molecule has 2 atom stereocenters. The van der Waals surface area contributed by atoms with Crippen LogP contribution < -0.4 is 5.43 Å². The summed E-state index contributed by atoms with van der Waals surface area (Å²) in [5.74, 6) is -0.333. The van der Waals surface area contributed by atoms with Gasteiger partial charge in [0, 0.05) is 36.5 Å². The number of nitrogens with zero attached hydrogens (tertiary/aromatic N) is 1. The van der Waals surface area contributed by atoms with Gasteiger partial charge in [0.05, 0.1) is 6.10 Å². The van der Waals surface area contributed by atoms with Crippen LogP contribution in [0.5, 0.6) is 0 Å². The van der Waals surface area contributed by atoms with Gasteiger partial charge in [0.1, 0.15) is 5.56 Å². The van der Waals surface area contributed by atoms with Crippen molar-refractivity contribution in [2.45, 2.75) is 32.3 Å². The zero-order valence-corrected chi connectivity index (χ0v) is 16.1. The van der Waals surface area contributed by atoms with Crippen molar-refractivity contribution in [1.82, 2.24) is 9.88 Å². The van der Waals surface area contributed by atoms with E-state index in [4.69, 9.17) is 0 Å². The quantitative estimate of drug-likeness (QED) is 0.722. The van der Waals surface area contributed by atoms with Crippen LogP contribution in [0.4, 0.5) is 0 Å². The molecule has 1 aliphatic heterocycles. The Morgan fingerprint density at radius 2 is 1.86 bits per heavy atom. The van der Waals surface area contributed by atoms with Gasteiger partial charge in [0.25, 0.3) is 5.91 Å². The SMILES string of the molecule is Cc1cc(=O)c(C(=O)N2CC[C@@H](c3ccc4ccccc4c3)[C@H](O)C2)c(C)[nH]1. The van der Waals surface area contributed by atoms with Gasteiger partial charge < -0.3 is 15.0 Å². The molecule has 3 aromatic rings. The molecule has 0 saturated carbocycles. The van der Waals surface area contributed by atoms with E-state index in [0.29, 0.717) is 18.7 Å². The molecule has 5 heteroatoms. The Kier molecular flexibility index (Phi) is 4.77. The maximum Gasteiger partial charge on any atom is 0.259 e. The van der Waals surface area contributed by atoms with Gasteiger partial charge in [0.15, 0.2) is 5.43 Å². The fourth-order valence-electron chi connectivity index (χ4n) is 4.22. The Bertz CT molecular complexity index is 1100. The molecular formula is C23H24N2O3. The Labute approximate surface area is 163 Å². The van der Waals surface area contributed by atoms with E-state index < -0.39 is 6.10 Å². The number of carbonyl (C=O) groups excluding carboxylic acids is 1. The van der Waals surface area contributed by atoms with E-state index in [1.54, 1.807) is 18.7 Å². The van der Waals surface area contributed by atoms with Crippen LogP contribution in [0.1, 0.15) is 39.6 Å². The molecule has 1 saturated heterocycles. The molecule has 1 aromatic heterocycles. The van der Waals surface area contributed by atoms with Gasteiger partial charge in [-0.25, -0.2) is 0 Å². The van der Waals surface area contributed by atoms with Crippen LogP contribution >= 0.6 is 0 Å². The van der Waals surface area contributed by atoms with E-state index >= 15 is 0 Å². The third-order valence-corrected chi connectivity index (χ3v) is 5.64. The van der Waals surface area contributed by atoms with E-state index in [1.807, 2.05) is 12.1 Å². The van der Waals surface area contributed by atoms with Crippen molar-refractivity contribution < 1.29 is 9.90 Å². The number of aliphatic hydroxyl groups is 1. The molecule has 1 aliphatic rings. The van der Waals surface area contributed by atoms with Crippen LogP contribution in [0.15, 0.2) is 53.3 Å². The first-order valence-electron chi connectivity index (χ1n) is 9.60. The van der Waals surface area contributed by atoms with E-state index in [0.717, 1.165) is 16.6 Å². The molecule has 0 bridgehead atoms. The van der Waals surface area contributed by atoms with Crippen molar-refractivity contribution >= 4 is 16.7 Å². The number of H-pyrrole nitrogens is 1. The first-order chi connectivity index (χ1) is 13.4. The normalized spacial score (nSPS) is 19.8. The van der Waals surface area contributed by atoms with Gasteiger partial charge >= 0.3 is 0 Å². The number of aromatic nitrogens is 1. The van der Waals surface area contributed by atoms with Crippen LogP contribution in [0.2, 0.25) is 0 Å². The highest BCUT2D eigenvalue weighted by atomic mass is 16.3.